The van der Waals surface area contributed by atoms with Crippen molar-refractivity contribution in [2.45, 2.75) is 31.4 Å². The second-order valence-electron chi connectivity index (χ2n) is 10.1. The van der Waals surface area contributed by atoms with Gasteiger partial charge in [-0.15, -0.1) is 0 Å². The number of piperidine rings is 1. The lowest BCUT2D eigenvalue weighted by Crippen LogP contribution is -2.40. The fraction of sp³-hybridized carbons (Fsp3) is 0.310. The molecule has 1 atom stereocenters. The van der Waals surface area contributed by atoms with Crippen molar-refractivity contribution >= 4 is 42.6 Å². The lowest BCUT2D eigenvalue weighted by atomic mass is 9.89. The van der Waals surface area contributed by atoms with Crippen LogP contribution in [0.1, 0.15) is 47.3 Å². The van der Waals surface area contributed by atoms with Crippen LogP contribution < -0.4 is 10.0 Å². The molecule has 0 aliphatic carbocycles. The van der Waals surface area contributed by atoms with Crippen molar-refractivity contribution in [3.05, 3.63) is 83.4 Å². The molecule has 0 bridgehead atoms. The van der Waals surface area contributed by atoms with Crippen LogP contribution >= 0.6 is 0 Å². The lowest BCUT2D eigenvalue weighted by molar-refractivity contribution is 0.0964. The number of hydrogen-bond acceptors (Lipinski definition) is 7. The van der Waals surface area contributed by atoms with Crippen LogP contribution in [0.4, 0.5) is 10.1 Å². The molecular weight excluding hydrogens is 583 g/mol. The minimum atomic E-state index is -3.72. The topological polar surface area (TPSA) is 139 Å². The fourth-order valence-corrected chi connectivity index (χ4v) is 7.39. The SMILES string of the molecule is CCS(=O)(=O)Nc1cc2oc(-c3ccc(F)cc3)c(C(=O)NC)c2cc1[C@@H]1CCCN(S(=O)(=O)Cc2ccccn2)C1. The van der Waals surface area contributed by atoms with E-state index < -0.39 is 31.8 Å². The van der Waals surface area contributed by atoms with Crippen molar-refractivity contribution in [2.24, 2.45) is 0 Å². The van der Waals surface area contributed by atoms with Crippen LogP contribution in [0.3, 0.4) is 0 Å². The van der Waals surface area contributed by atoms with Crippen molar-refractivity contribution in [2.75, 3.05) is 30.6 Å². The Morgan fingerprint density at radius 3 is 2.55 bits per heavy atom. The number of sulfonamides is 2. The number of furan rings is 1. The number of pyridine rings is 1. The summed E-state index contributed by atoms with van der Waals surface area (Å²) in [6, 6.07) is 13.8. The van der Waals surface area contributed by atoms with Gasteiger partial charge in [-0.25, -0.2) is 25.5 Å². The van der Waals surface area contributed by atoms with Gasteiger partial charge in [0.2, 0.25) is 20.0 Å². The maximum absolute atomic E-state index is 13.6. The number of benzene rings is 2. The number of fused-ring (bicyclic) bond motifs is 1. The Hall–Kier alpha value is -3.81. The number of hydrogen-bond donors (Lipinski definition) is 2. The third-order valence-corrected chi connectivity index (χ3v) is 10.4. The molecule has 1 aliphatic rings. The molecule has 4 aromatic rings. The van der Waals surface area contributed by atoms with Crippen LogP contribution in [0, 0.1) is 5.82 Å². The van der Waals surface area contributed by atoms with Gasteiger partial charge >= 0.3 is 0 Å². The van der Waals surface area contributed by atoms with Gasteiger partial charge in [0.15, 0.2) is 0 Å². The molecule has 3 heterocycles. The first kappa shape index (κ1) is 29.7. The van der Waals surface area contributed by atoms with Crippen LogP contribution in [0.5, 0.6) is 0 Å². The molecule has 10 nitrogen and oxygen atoms in total. The highest BCUT2D eigenvalue weighted by Crippen LogP contribution is 2.41. The average molecular weight is 615 g/mol. The molecule has 222 valence electrons. The molecule has 0 spiro atoms. The van der Waals surface area contributed by atoms with Crippen LogP contribution in [-0.4, -0.2) is 57.9 Å². The molecular formula is C29H31FN4O6S2. The van der Waals surface area contributed by atoms with E-state index in [9.17, 15) is 26.0 Å². The Labute approximate surface area is 244 Å². The van der Waals surface area contributed by atoms with Gasteiger partial charge in [-0.2, -0.15) is 0 Å². The summed E-state index contributed by atoms with van der Waals surface area (Å²) in [5, 5.41) is 3.04. The summed E-state index contributed by atoms with van der Waals surface area (Å²) in [7, 11) is -5.96. The summed E-state index contributed by atoms with van der Waals surface area (Å²) < 4.78 is 75.9. The molecule has 1 amide bonds. The molecule has 1 fully saturated rings. The molecule has 5 rings (SSSR count). The summed E-state index contributed by atoms with van der Waals surface area (Å²) in [6.07, 6.45) is 2.69. The van der Waals surface area contributed by atoms with Crippen molar-refractivity contribution in [1.82, 2.24) is 14.6 Å². The van der Waals surface area contributed by atoms with E-state index in [2.05, 4.69) is 15.0 Å². The van der Waals surface area contributed by atoms with Gasteiger partial charge in [-0.3, -0.25) is 14.5 Å². The van der Waals surface area contributed by atoms with Gasteiger partial charge in [0.1, 0.15) is 22.9 Å². The molecule has 0 saturated carbocycles. The smallest absolute Gasteiger partial charge is 0.255 e. The Morgan fingerprint density at radius 1 is 1.12 bits per heavy atom. The molecule has 2 aromatic carbocycles. The number of halogens is 1. The molecule has 1 saturated heterocycles. The van der Waals surface area contributed by atoms with E-state index in [1.165, 1.54) is 48.6 Å². The zero-order valence-corrected chi connectivity index (χ0v) is 24.8. The van der Waals surface area contributed by atoms with Crippen molar-refractivity contribution in [3.63, 3.8) is 0 Å². The Kier molecular flexibility index (Phi) is 8.35. The third kappa shape index (κ3) is 6.18. The molecule has 2 N–H and O–H groups in total. The van der Waals surface area contributed by atoms with Gasteiger partial charge in [-0.05, 0) is 73.7 Å². The van der Waals surface area contributed by atoms with E-state index >= 15 is 0 Å². The van der Waals surface area contributed by atoms with E-state index in [0.29, 0.717) is 41.6 Å². The highest BCUT2D eigenvalue weighted by atomic mass is 32.2. The highest BCUT2D eigenvalue weighted by Gasteiger charge is 2.33. The van der Waals surface area contributed by atoms with Crippen LogP contribution in [0.25, 0.3) is 22.3 Å². The maximum atomic E-state index is 13.6. The Bertz CT molecular complexity index is 1830. The first-order valence-electron chi connectivity index (χ1n) is 13.5. The Balaban J connectivity index is 1.62. The first-order valence-corrected chi connectivity index (χ1v) is 16.7. The quantitative estimate of drug-likeness (QED) is 0.284. The monoisotopic (exact) mass is 614 g/mol. The van der Waals surface area contributed by atoms with Crippen molar-refractivity contribution in [1.29, 1.82) is 0 Å². The number of nitrogens with one attached hydrogen (secondary N) is 2. The highest BCUT2D eigenvalue weighted by molar-refractivity contribution is 7.92. The first-order chi connectivity index (χ1) is 20.0. The number of carbonyl (C=O) groups is 1. The summed E-state index contributed by atoms with van der Waals surface area (Å²) in [4.78, 5) is 17.3. The largest absolute Gasteiger partial charge is 0.455 e. The number of nitrogens with zero attached hydrogens (tertiary/aromatic N) is 2. The number of carbonyl (C=O) groups excluding carboxylic acids is 1. The van der Waals surface area contributed by atoms with E-state index in [1.807, 2.05) is 0 Å². The second kappa shape index (κ2) is 11.8. The summed E-state index contributed by atoms with van der Waals surface area (Å²) >= 11 is 0. The maximum Gasteiger partial charge on any atom is 0.255 e. The molecule has 1 aliphatic heterocycles. The number of amides is 1. The van der Waals surface area contributed by atoms with Crippen LogP contribution in [0.2, 0.25) is 0 Å². The van der Waals surface area contributed by atoms with Gasteiger partial charge in [-0.1, -0.05) is 6.07 Å². The Morgan fingerprint density at radius 2 is 1.88 bits per heavy atom. The predicted molar refractivity (Wildman–Crippen MR) is 158 cm³/mol. The second-order valence-corrected chi connectivity index (χ2v) is 14.1. The van der Waals surface area contributed by atoms with Gasteiger partial charge in [0.25, 0.3) is 5.91 Å². The number of anilines is 1. The van der Waals surface area contributed by atoms with Crippen LogP contribution in [0.15, 0.2) is 65.2 Å². The predicted octanol–water partition coefficient (Wildman–Crippen LogP) is 4.46. The summed E-state index contributed by atoms with van der Waals surface area (Å²) in [6.45, 7) is 1.96. The zero-order valence-electron chi connectivity index (χ0n) is 23.1. The average Bonchev–Trinajstić information content (AvgIpc) is 3.35. The minimum absolute atomic E-state index is 0.125. The summed E-state index contributed by atoms with van der Waals surface area (Å²) in [5.74, 6) is -1.49. The van der Waals surface area contributed by atoms with Crippen molar-refractivity contribution < 1.29 is 30.4 Å². The van der Waals surface area contributed by atoms with Crippen molar-refractivity contribution in [3.8, 4) is 11.3 Å². The number of aromatic nitrogens is 1. The van der Waals surface area contributed by atoms with E-state index in [1.54, 1.807) is 30.5 Å². The molecule has 2 aromatic heterocycles. The van der Waals surface area contributed by atoms with E-state index in [0.717, 1.165) is 0 Å². The molecule has 42 heavy (non-hydrogen) atoms. The fourth-order valence-electron chi connectivity index (χ4n) is 5.19. The third-order valence-electron chi connectivity index (χ3n) is 7.34. The molecule has 13 heteroatoms. The van der Waals surface area contributed by atoms with Crippen LogP contribution in [-0.2, 0) is 25.8 Å². The number of rotatable bonds is 9. The molecule has 0 unspecified atom stereocenters. The van der Waals surface area contributed by atoms with Gasteiger partial charge in [0, 0.05) is 43.4 Å². The minimum Gasteiger partial charge on any atom is -0.455 e. The van der Waals surface area contributed by atoms with Gasteiger partial charge < -0.3 is 9.73 Å². The van der Waals surface area contributed by atoms with E-state index in [-0.39, 0.29) is 46.6 Å². The van der Waals surface area contributed by atoms with E-state index in [4.69, 9.17) is 4.42 Å². The summed E-state index contributed by atoms with van der Waals surface area (Å²) in [5.41, 5.74) is 2.16. The normalized spacial score (nSPS) is 16.4. The standard InChI is InChI=1S/C29H31FN4O6S2/c1-3-41(36,37)33-25-16-26-24(27(29(35)31-2)28(40-26)19-9-11-21(30)12-10-19)15-23(25)20-7-6-14-34(17-20)42(38,39)18-22-8-4-5-13-32-22/h4-5,8-13,15-16,20,33H,3,6-7,14,17-18H2,1-2H3,(H,31,35)/t20-/m1/s1. The van der Waals surface area contributed by atoms with Gasteiger partial charge in [0.05, 0.1) is 22.7 Å². The molecule has 0 radical (unpaired) electrons. The zero-order chi connectivity index (χ0) is 30.1. The lowest BCUT2D eigenvalue weighted by Gasteiger charge is -2.33.